The number of hydrogen-bond acceptors (Lipinski definition) is 5. The molecule has 2 fully saturated rings. The van der Waals surface area contributed by atoms with Crippen LogP contribution in [0.3, 0.4) is 0 Å². The molecule has 0 spiro atoms. The molecule has 3 aliphatic rings. The fourth-order valence-corrected chi connectivity index (χ4v) is 4.95. The predicted octanol–water partition coefficient (Wildman–Crippen LogP) is 2.76. The van der Waals surface area contributed by atoms with E-state index >= 15 is 0 Å². The third-order valence-electron chi connectivity index (χ3n) is 6.14. The number of ketones is 1. The van der Waals surface area contributed by atoms with E-state index in [9.17, 15) is 18.6 Å². The zero-order valence-electron chi connectivity index (χ0n) is 17.8. The minimum Gasteiger partial charge on any atom is -0.481 e. The Morgan fingerprint density at radius 3 is 2.53 bits per heavy atom. The maximum Gasteiger partial charge on any atom is 0.268 e. The number of fused-ring (bicyclic) bond motifs is 1. The van der Waals surface area contributed by atoms with Gasteiger partial charge in [0.05, 0.1) is 5.88 Å². The van der Waals surface area contributed by atoms with Crippen molar-refractivity contribution in [3.8, 4) is 5.75 Å². The van der Waals surface area contributed by atoms with Crippen molar-refractivity contribution in [1.29, 1.82) is 0 Å². The molecule has 1 aliphatic carbocycles. The number of Topliss-reactive ketones (excluding diaryl/α,β-unsaturated/α-hetero) is 1. The summed E-state index contributed by atoms with van der Waals surface area (Å²) in [5.74, 6) is 0.797. The number of ether oxygens (including phenoxy) is 1. The molecule has 8 heteroatoms. The highest BCUT2D eigenvalue weighted by Gasteiger charge is 2.36. The SMILES string of the molecule is CS(=O)CN1Cc2ccc(N3CC[C@@H](Oc4ccc(C(=O)C5CC5)cc4)C3=O)cc2C1=O. The molecule has 2 amide bonds. The number of carbonyl (C=O) groups is 3. The number of benzene rings is 2. The fourth-order valence-electron chi connectivity index (χ4n) is 4.30. The van der Waals surface area contributed by atoms with E-state index < -0.39 is 16.9 Å². The maximum absolute atomic E-state index is 13.0. The Labute approximate surface area is 188 Å². The van der Waals surface area contributed by atoms with Crippen LogP contribution < -0.4 is 9.64 Å². The van der Waals surface area contributed by atoms with Crippen molar-refractivity contribution in [2.45, 2.75) is 31.9 Å². The third kappa shape index (κ3) is 3.95. The minimum absolute atomic E-state index is 0.153. The quantitative estimate of drug-likeness (QED) is 0.603. The van der Waals surface area contributed by atoms with E-state index in [0.29, 0.717) is 42.1 Å². The Kier molecular flexibility index (Phi) is 5.33. The number of nitrogens with zero attached hydrogens (tertiary/aromatic N) is 2. The van der Waals surface area contributed by atoms with Crippen LogP contribution in [0.25, 0.3) is 0 Å². The van der Waals surface area contributed by atoms with E-state index in [-0.39, 0.29) is 29.4 Å². The Hall–Kier alpha value is -3.00. The molecule has 0 bridgehead atoms. The van der Waals surface area contributed by atoms with Crippen molar-refractivity contribution in [3.63, 3.8) is 0 Å². The van der Waals surface area contributed by atoms with E-state index in [1.807, 2.05) is 12.1 Å². The lowest BCUT2D eigenvalue weighted by atomic mass is 10.1. The van der Waals surface area contributed by atoms with Gasteiger partial charge in [0, 0.05) is 59.3 Å². The number of amides is 2. The Morgan fingerprint density at radius 2 is 1.84 bits per heavy atom. The molecule has 1 unspecified atom stereocenters. The van der Waals surface area contributed by atoms with E-state index in [2.05, 4.69) is 0 Å². The normalized spacial score (nSPS) is 21.1. The Bertz CT molecular complexity index is 1130. The zero-order valence-corrected chi connectivity index (χ0v) is 18.6. The Balaban J connectivity index is 1.26. The van der Waals surface area contributed by atoms with Gasteiger partial charge in [0.1, 0.15) is 5.75 Å². The highest BCUT2D eigenvalue weighted by atomic mass is 32.2. The highest BCUT2D eigenvalue weighted by molar-refractivity contribution is 7.84. The Morgan fingerprint density at radius 1 is 1.09 bits per heavy atom. The summed E-state index contributed by atoms with van der Waals surface area (Å²) in [6, 6.07) is 12.4. The summed E-state index contributed by atoms with van der Waals surface area (Å²) in [5.41, 5.74) is 2.78. The largest absolute Gasteiger partial charge is 0.481 e. The van der Waals surface area contributed by atoms with Crippen LogP contribution in [0.4, 0.5) is 5.69 Å². The van der Waals surface area contributed by atoms with Crippen LogP contribution in [0.2, 0.25) is 0 Å². The second-order valence-corrected chi connectivity index (χ2v) is 10.00. The molecule has 0 N–H and O–H groups in total. The van der Waals surface area contributed by atoms with E-state index in [0.717, 1.165) is 18.4 Å². The summed E-state index contributed by atoms with van der Waals surface area (Å²) in [4.78, 5) is 41.0. The van der Waals surface area contributed by atoms with Gasteiger partial charge in [-0.3, -0.25) is 18.6 Å². The van der Waals surface area contributed by atoms with Crippen molar-refractivity contribution < 1.29 is 23.3 Å². The first kappa shape index (κ1) is 20.9. The smallest absolute Gasteiger partial charge is 0.268 e. The number of carbonyl (C=O) groups excluding carboxylic acids is 3. The lowest BCUT2D eigenvalue weighted by Gasteiger charge is -2.18. The lowest BCUT2D eigenvalue weighted by molar-refractivity contribution is -0.122. The second kappa shape index (κ2) is 8.16. The average Bonchev–Trinajstić information content (AvgIpc) is 3.51. The molecular formula is C24H24N2O5S. The standard InChI is InChI=1S/C24H24N2O5S/c1-32(30)14-25-13-17-4-7-18(12-20(17)23(25)28)26-11-10-21(24(26)29)31-19-8-5-16(6-9-19)22(27)15-2-3-15/h4-9,12,15,21H,2-3,10-11,13-14H2,1H3/t21-,32?/m1/s1. The summed E-state index contributed by atoms with van der Waals surface area (Å²) in [6.45, 7) is 0.935. The molecule has 32 heavy (non-hydrogen) atoms. The molecule has 0 aromatic heterocycles. The molecule has 0 radical (unpaired) electrons. The van der Waals surface area contributed by atoms with Crippen molar-refractivity contribution in [2.75, 3.05) is 23.6 Å². The summed E-state index contributed by atoms with van der Waals surface area (Å²) in [5, 5.41) is 0. The summed E-state index contributed by atoms with van der Waals surface area (Å²) >= 11 is 0. The number of anilines is 1. The molecule has 2 heterocycles. The molecule has 1 saturated heterocycles. The maximum atomic E-state index is 13.0. The zero-order chi connectivity index (χ0) is 22.4. The highest BCUT2D eigenvalue weighted by Crippen LogP contribution is 2.33. The van der Waals surface area contributed by atoms with Gasteiger partial charge in [0.25, 0.3) is 11.8 Å². The lowest BCUT2D eigenvalue weighted by Crippen LogP contribution is -2.32. The van der Waals surface area contributed by atoms with Gasteiger partial charge in [-0.2, -0.15) is 0 Å². The van der Waals surface area contributed by atoms with Gasteiger partial charge in [-0.1, -0.05) is 6.07 Å². The van der Waals surface area contributed by atoms with Gasteiger partial charge < -0.3 is 14.5 Å². The van der Waals surface area contributed by atoms with Crippen molar-refractivity contribution in [1.82, 2.24) is 4.90 Å². The molecule has 2 atom stereocenters. The van der Waals surface area contributed by atoms with Gasteiger partial charge in [0.15, 0.2) is 11.9 Å². The second-order valence-electron chi connectivity index (χ2n) is 8.59. The number of hydrogen-bond donors (Lipinski definition) is 0. The van der Waals surface area contributed by atoms with Crippen LogP contribution in [0.5, 0.6) is 5.75 Å². The van der Waals surface area contributed by atoms with Crippen LogP contribution in [-0.4, -0.2) is 51.5 Å². The van der Waals surface area contributed by atoms with Gasteiger partial charge in [-0.25, -0.2) is 0 Å². The first-order chi connectivity index (χ1) is 15.4. The minimum atomic E-state index is -1.10. The van der Waals surface area contributed by atoms with Gasteiger partial charge >= 0.3 is 0 Å². The van der Waals surface area contributed by atoms with Crippen LogP contribution in [0.15, 0.2) is 42.5 Å². The predicted molar refractivity (Wildman–Crippen MR) is 120 cm³/mol. The molecule has 166 valence electrons. The molecule has 1 saturated carbocycles. The van der Waals surface area contributed by atoms with E-state index in [4.69, 9.17) is 4.74 Å². The van der Waals surface area contributed by atoms with Crippen LogP contribution in [-0.2, 0) is 22.1 Å². The van der Waals surface area contributed by atoms with Crippen molar-refractivity contribution in [2.24, 2.45) is 5.92 Å². The summed E-state index contributed by atoms with van der Waals surface area (Å²) in [7, 11) is -1.10. The van der Waals surface area contributed by atoms with Crippen molar-refractivity contribution >= 4 is 34.1 Å². The van der Waals surface area contributed by atoms with Gasteiger partial charge in [0.2, 0.25) is 0 Å². The van der Waals surface area contributed by atoms with Gasteiger partial charge in [-0.05, 0) is 54.8 Å². The summed E-state index contributed by atoms with van der Waals surface area (Å²) in [6.07, 6.45) is 3.43. The molecule has 7 nitrogen and oxygen atoms in total. The van der Waals surface area contributed by atoms with E-state index in [1.165, 1.54) is 0 Å². The number of rotatable bonds is 7. The summed E-state index contributed by atoms with van der Waals surface area (Å²) < 4.78 is 17.4. The van der Waals surface area contributed by atoms with Crippen LogP contribution in [0, 0.1) is 5.92 Å². The van der Waals surface area contributed by atoms with Crippen LogP contribution >= 0.6 is 0 Å². The fraction of sp³-hybridized carbons (Fsp3) is 0.375. The molecule has 5 rings (SSSR count). The molecule has 2 aliphatic heterocycles. The van der Waals surface area contributed by atoms with Crippen molar-refractivity contribution in [3.05, 3.63) is 59.2 Å². The average molecular weight is 453 g/mol. The topological polar surface area (TPSA) is 84.0 Å². The molecule has 2 aromatic carbocycles. The first-order valence-electron chi connectivity index (χ1n) is 10.8. The first-order valence-corrected chi connectivity index (χ1v) is 12.5. The molecular weight excluding hydrogens is 428 g/mol. The van der Waals surface area contributed by atoms with E-state index in [1.54, 1.807) is 46.4 Å². The monoisotopic (exact) mass is 452 g/mol. The van der Waals surface area contributed by atoms with Gasteiger partial charge in [-0.15, -0.1) is 0 Å². The van der Waals surface area contributed by atoms with Crippen LogP contribution in [0.1, 0.15) is 45.5 Å². The third-order valence-corrected chi connectivity index (χ3v) is 6.82. The molecule has 2 aromatic rings.